The quantitative estimate of drug-likeness (QED) is 0.838. The maximum absolute atomic E-state index is 12.7. The van der Waals surface area contributed by atoms with Crippen molar-refractivity contribution in [2.75, 3.05) is 25.0 Å². The van der Waals surface area contributed by atoms with Gasteiger partial charge in [-0.15, -0.1) is 0 Å². The van der Waals surface area contributed by atoms with E-state index in [1.807, 2.05) is 24.3 Å². The van der Waals surface area contributed by atoms with E-state index in [4.69, 9.17) is 5.11 Å². The third-order valence-electron chi connectivity index (χ3n) is 3.76. The Bertz CT molecular complexity index is 516. The molecule has 21 heavy (non-hydrogen) atoms. The topological polar surface area (TPSA) is 69.6 Å². The van der Waals surface area contributed by atoms with Crippen LogP contribution < -0.4 is 5.32 Å². The lowest BCUT2D eigenvalue weighted by molar-refractivity contribution is -0.135. The number of rotatable bonds is 6. The summed E-state index contributed by atoms with van der Waals surface area (Å²) in [6, 6.07) is 7.41. The van der Waals surface area contributed by atoms with Crippen molar-refractivity contribution < 1.29 is 14.7 Å². The van der Waals surface area contributed by atoms with E-state index in [9.17, 15) is 9.59 Å². The highest BCUT2D eigenvalue weighted by Crippen LogP contribution is 2.33. The molecule has 5 heteroatoms. The van der Waals surface area contributed by atoms with Crippen molar-refractivity contribution in [2.24, 2.45) is 0 Å². The number of benzene rings is 1. The Labute approximate surface area is 125 Å². The van der Waals surface area contributed by atoms with E-state index < -0.39 is 5.92 Å². The lowest BCUT2D eigenvalue weighted by Gasteiger charge is -2.30. The summed E-state index contributed by atoms with van der Waals surface area (Å²) in [7, 11) is 0. The highest BCUT2D eigenvalue weighted by atomic mass is 16.3. The molecule has 2 rings (SSSR count). The van der Waals surface area contributed by atoms with Gasteiger partial charge in [-0.3, -0.25) is 9.59 Å². The highest BCUT2D eigenvalue weighted by molar-refractivity contribution is 6.01. The molecule has 0 spiro atoms. The second-order valence-electron chi connectivity index (χ2n) is 5.29. The fraction of sp³-hybridized carbons (Fsp3) is 0.500. The minimum Gasteiger partial charge on any atom is -0.395 e. The monoisotopic (exact) mass is 290 g/mol. The van der Waals surface area contributed by atoms with Crippen molar-refractivity contribution in [3.8, 4) is 0 Å². The number of hydrogen-bond donors (Lipinski definition) is 2. The average molecular weight is 290 g/mol. The van der Waals surface area contributed by atoms with E-state index in [1.165, 1.54) is 0 Å². The average Bonchev–Trinajstić information content (AvgIpc) is 2.50. The van der Waals surface area contributed by atoms with Gasteiger partial charge in [0.05, 0.1) is 12.5 Å². The Morgan fingerprint density at radius 2 is 2.14 bits per heavy atom. The number of nitrogens with zero attached hydrogens (tertiary/aromatic N) is 1. The Balaban J connectivity index is 2.22. The van der Waals surface area contributed by atoms with Crippen LogP contribution in [0.2, 0.25) is 0 Å². The molecule has 114 valence electrons. The SMILES string of the molecule is CCCCN(CCO)C(=O)C1CC(=O)Nc2ccccc21. The van der Waals surface area contributed by atoms with E-state index in [1.54, 1.807) is 4.90 Å². The van der Waals surface area contributed by atoms with Gasteiger partial charge in [0.15, 0.2) is 0 Å². The van der Waals surface area contributed by atoms with Crippen LogP contribution in [0.25, 0.3) is 0 Å². The zero-order valence-corrected chi connectivity index (χ0v) is 12.3. The molecule has 0 bridgehead atoms. The van der Waals surface area contributed by atoms with Crippen molar-refractivity contribution in [1.82, 2.24) is 4.90 Å². The van der Waals surface area contributed by atoms with Crippen molar-refractivity contribution >= 4 is 17.5 Å². The maximum Gasteiger partial charge on any atom is 0.230 e. The standard InChI is InChI=1S/C16H22N2O3/c1-2-3-8-18(9-10-19)16(21)13-11-15(20)17-14-7-5-4-6-12(13)14/h4-7,13,19H,2-3,8-11H2,1H3,(H,17,20). The molecule has 2 amide bonds. The van der Waals surface area contributed by atoms with Crippen LogP contribution in [-0.4, -0.2) is 41.5 Å². The van der Waals surface area contributed by atoms with Gasteiger partial charge in [0.1, 0.15) is 0 Å². The van der Waals surface area contributed by atoms with Gasteiger partial charge in [-0.05, 0) is 18.1 Å². The normalized spacial score (nSPS) is 17.0. The smallest absolute Gasteiger partial charge is 0.230 e. The van der Waals surface area contributed by atoms with Crippen LogP contribution in [-0.2, 0) is 9.59 Å². The number of aliphatic hydroxyl groups is 1. The first-order valence-electron chi connectivity index (χ1n) is 7.45. The summed E-state index contributed by atoms with van der Waals surface area (Å²) in [5.41, 5.74) is 1.58. The van der Waals surface area contributed by atoms with Gasteiger partial charge in [-0.1, -0.05) is 31.5 Å². The number of unbranched alkanes of at least 4 members (excludes halogenated alkanes) is 1. The second kappa shape index (κ2) is 7.22. The maximum atomic E-state index is 12.7. The Morgan fingerprint density at radius 3 is 2.86 bits per heavy atom. The van der Waals surface area contributed by atoms with Gasteiger partial charge in [0.25, 0.3) is 0 Å². The molecule has 1 atom stereocenters. The molecule has 0 aliphatic carbocycles. The molecular weight excluding hydrogens is 268 g/mol. The summed E-state index contributed by atoms with van der Waals surface area (Å²) in [5.74, 6) is -0.648. The number of para-hydroxylation sites is 1. The number of hydrogen-bond acceptors (Lipinski definition) is 3. The van der Waals surface area contributed by atoms with Gasteiger partial charge >= 0.3 is 0 Å². The molecule has 0 saturated heterocycles. The van der Waals surface area contributed by atoms with Crippen molar-refractivity contribution in [3.05, 3.63) is 29.8 Å². The molecule has 1 aliphatic rings. The summed E-state index contributed by atoms with van der Waals surface area (Å²) in [4.78, 5) is 26.2. The zero-order chi connectivity index (χ0) is 15.2. The zero-order valence-electron chi connectivity index (χ0n) is 12.3. The molecule has 0 fully saturated rings. The third kappa shape index (κ3) is 3.61. The fourth-order valence-corrected chi connectivity index (χ4v) is 2.65. The summed E-state index contributed by atoms with van der Waals surface area (Å²) in [5, 5.41) is 12.0. The van der Waals surface area contributed by atoms with Crippen LogP contribution >= 0.6 is 0 Å². The summed E-state index contributed by atoms with van der Waals surface area (Å²) < 4.78 is 0. The molecule has 1 aromatic carbocycles. The largest absolute Gasteiger partial charge is 0.395 e. The molecule has 1 heterocycles. The number of aliphatic hydroxyl groups excluding tert-OH is 1. The number of nitrogens with one attached hydrogen (secondary N) is 1. The van der Waals surface area contributed by atoms with Crippen LogP contribution in [0.1, 0.15) is 37.7 Å². The second-order valence-corrected chi connectivity index (χ2v) is 5.29. The molecule has 5 nitrogen and oxygen atoms in total. The first-order chi connectivity index (χ1) is 10.2. The first-order valence-corrected chi connectivity index (χ1v) is 7.45. The molecular formula is C16H22N2O3. The van der Waals surface area contributed by atoms with E-state index in [0.29, 0.717) is 18.8 Å². The minimum atomic E-state index is -0.446. The molecule has 2 N–H and O–H groups in total. The molecule has 0 saturated carbocycles. The Kier molecular flexibility index (Phi) is 5.33. The minimum absolute atomic E-state index is 0.0595. The van der Waals surface area contributed by atoms with E-state index in [0.717, 1.165) is 18.4 Å². The number of amides is 2. The summed E-state index contributed by atoms with van der Waals surface area (Å²) >= 11 is 0. The lowest BCUT2D eigenvalue weighted by atomic mass is 9.89. The molecule has 1 unspecified atom stereocenters. The number of anilines is 1. The predicted octanol–water partition coefficient (Wildman–Crippen LogP) is 1.73. The van der Waals surface area contributed by atoms with E-state index >= 15 is 0 Å². The highest BCUT2D eigenvalue weighted by Gasteiger charge is 2.32. The number of fused-ring (bicyclic) bond motifs is 1. The number of carbonyl (C=O) groups excluding carboxylic acids is 2. The molecule has 0 radical (unpaired) electrons. The predicted molar refractivity (Wildman–Crippen MR) is 81.0 cm³/mol. The van der Waals surface area contributed by atoms with Gasteiger partial charge in [0, 0.05) is 25.2 Å². The van der Waals surface area contributed by atoms with Gasteiger partial charge in [0.2, 0.25) is 11.8 Å². The number of carbonyl (C=O) groups is 2. The van der Waals surface area contributed by atoms with Gasteiger partial charge < -0.3 is 15.3 Å². The van der Waals surface area contributed by atoms with Crippen LogP contribution in [0.3, 0.4) is 0 Å². The fourth-order valence-electron chi connectivity index (χ4n) is 2.65. The van der Waals surface area contributed by atoms with Crippen molar-refractivity contribution in [3.63, 3.8) is 0 Å². The molecule has 1 aromatic rings. The van der Waals surface area contributed by atoms with Crippen LogP contribution in [0, 0.1) is 0 Å². The van der Waals surface area contributed by atoms with Gasteiger partial charge in [-0.2, -0.15) is 0 Å². The van der Waals surface area contributed by atoms with Crippen LogP contribution in [0.15, 0.2) is 24.3 Å². The third-order valence-corrected chi connectivity index (χ3v) is 3.76. The van der Waals surface area contributed by atoms with Crippen molar-refractivity contribution in [1.29, 1.82) is 0 Å². The van der Waals surface area contributed by atoms with E-state index in [-0.39, 0.29) is 24.8 Å². The summed E-state index contributed by atoms with van der Waals surface area (Å²) in [6.45, 7) is 2.94. The first kappa shape index (κ1) is 15.5. The molecule has 1 aliphatic heterocycles. The van der Waals surface area contributed by atoms with Crippen LogP contribution in [0.5, 0.6) is 0 Å². The van der Waals surface area contributed by atoms with E-state index in [2.05, 4.69) is 12.2 Å². The lowest BCUT2D eigenvalue weighted by Crippen LogP contribution is -2.40. The summed E-state index contributed by atoms with van der Waals surface area (Å²) in [6.07, 6.45) is 2.05. The Hall–Kier alpha value is -1.88. The molecule has 0 aromatic heterocycles. The van der Waals surface area contributed by atoms with Crippen molar-refractivity contribution in [2.45, 2.75) is 32.1 Å². The Morgan fingerprint density at radius 1 is 1.38 bits per heavy atom. The van der Waals surface area contributed by atoms with Crippen LogP contribution in [0.4, 0.5) is 5.69 Å². The van der Waals surface area contributed by atoms with Gasteiger partial charge in [-0.25, -0.2) is 0 Å².